The van der Waals surface area contributed by atoms with Crippen molar-refractivity contribution in [2.24, 2.45) is 7.05 Å². The molecular formula is C26H24ClFN6O3S. The van der Waals surface area contributed by atoms with Crippen molar-refractivity contribution in [1.82, 2.24) is 28.8 Å². The number of aromatic nitrogens is 5. The van der Waals surface area contributed by atoms with Crippen LogP contribution in [0.25, 0.3) is 37.2 Å². The zero-order chi connectivity index (χ0) is 26.6. The van der Waals surface area contributed by atoms with Crippen molar-refractivity contribution in [2.75, 3.05) is 26.7 Å². The first-order valence-corrected chi connectivity index (χ1v) is 13.4. The summed E-state index contributed by atoms with van der Waals surface area (Å²) in [5.41, 5.74) is 1.12. The first-order chi connectivity index (χ1) is 18.4. The number of hydrogen-bond donors (Lipinski definition) is 0. The summed E-state index contributed by atoms with van der Waals surface area (Å²) in [5.74, 6) is -0.538. The molecule has 5 aromatic rings. The lowest BCUT2D eigenvalue weighted by Crippen LogP contribution is -2.40. The third-order valence-electron chi connectivity index (χ3n) is 7.03. The highest BCUT2D eigenvalue weighted by Gasteiger charge is 2.23. The van der Waals surface area contributed by atoms with Crippen molar-refractivity contribution in [1.29, 1.82) is 0 Å². The van der Waals surface area contributed by atoms with Crippen molar-refractivity contribution in [3.63, 3.8) is 0 Å². The summed E-state index contributed by atoms with van der Waals surface area (Å²) in [6.45, 7) is 3.05. The van der Waals surface area contributed by atoms with Crippen LogP contribution in [0.5, 0.6) is 5.75 Å². The van der Waals surface area contributed by atoms with Gasteiger partial charge in [0.2, 0.25) is 0 Å². The summed E-state index contributed by atoms with van der Waals surface area (Å²) in [5, 5.41) is 5.19. The number of pyridine rings is 1. The number of thiophene rings is 1. The zero-order valence-electron chi connectivity index (χ0n) is 20.8. The highest BCUT2D eigenvalue weighted by atomic mass is 35.5. The molecule has 1 aromatic carbocycles. The van der Waals surface area contributed by atoms with Gasteiger partial charge in [0.05, 0.1) is 41.2 Å². The maximum atomic E-state index is 14.2. The molecule has 0 atom stereocenters. The van der Waals surface area contributed by atoms with E-state index in [0.29, 0.717) is 45.0 Å². The lowest BCUT2D eigenvalue weighted by molar-refractivity contribution is 0.321. The Kier molecular flexibility index (Phi) is 6.29. The summed E-state index contributed by atoms with van der Waals surface area (Å²) < 4.78 is 24.2. The molecular weight excluding hydrogens is 531 g/mol. The highest BCUT2D eigenvalue weighted by molar-refractivity contribution is 7.22. The molecule has 0 radical (unpaired) electrons. The van der Waals surface area contributed by atoms with Gasteiger partial charge in [-0.2, -0.15) is 5.10 Å². The van der Waals surface area contributed by atoms with Gasteiger partial charge in [-0.1, -0.05) is 11.6 Å². The van der Waals surface area contributed by atoms with Crippen molar-refractivity contribution in [3.8, 4) is 21.9 Å². The summed E-state index contributed by atoms with van der Waals surface area (Å²) in [6.07, 6.45) is 7.07. The van der Waals surface area contributed by atoms with Crippen LogP contribution in [0.1, 0.15) is 12.8 Å². The average Bonchev–Trinajstić information content (AvgIpc) is 3.65. The first-order valence-electron chi connectivity index (χ1n) is 12.2. The smallest absolute Gasteiger partial charge is 0.336 e. The van der Waals surface area contributed by atoms with Crippen LogP contribution in [0.3, 0.4) is 0 Å². The molecule has 38 heavy (non-hydrogen) atoms. The van der Waals surface area contributed by atoms with Gasteiger partial charge >= 0.3 is 5.69 Å². The predicted octanol–water partition coefficient (Wildman–Crippen LogP) is 4.06. The molecule has 4 aromatic heterocycles. The van der Waals surface area contributed by atoms with E-state index in [1.54, 1.807) is 34.8 Å². The number of rotatable bonds is 6. The molecule has 6 rings (SSSR count). The van der Waals surface area contributed by atoms with Gasteiger partial charge in [0.1, 0.15) is 4.70 Å². The van der Waals surface area contributed by atoms with Crippen LogP contribution in [0, 0.1) is 5.82 Å². The van der Waals surface area contributed by atoms with Gasteiger partial charge in [-0.25, -0.2) is 13.8 Å². The lowest BCUT2D eigenvalue weighted by Gasteiger charge is -2.17. The molecule has 1 saturated heterocycles. The van der Waals surface area contributed by atoms with E-state index >= 15 is 0 Å². The summed E-state index contributed by atoms with van der Waals surface area (Å²) in [7, 11) is 3.14. The Balaban J connectivity index is 1.61. The lowest BCUT2D eigenvalue weighted by atomic mass is 10.1. The fourth-order valence-corrected chi connectivity index (χ4v) is 6.54. The molecule has 1 fully saturated rings. The van der Waals surface area contributed by atoms with Crippen LogP contribution in [0.2, 0.25) is 5.02 Å². The van der Waals surface area contributed by atoms with Crippen LogP contribution < -0.4 is 16.0 Å². The van der Waals surface area contributed by atoms with Crippen LogP contribution in [0.4, 0.5) is 4.39 Å². The second kappa shape index (κ2) is 9.64. The van der Waals surface area contributed by atoms with Gasteiger partial charge in [-0.15, -0.1) is 11.3 Å². The first kappa shape index (κ1) is 24.8. The quantitative estimate of drug-likeness (QED) is 0.315. The second-order valence-corrected chi connectivity index (χ2v) is 10.7. The molecule has 1 aliphatic heterocycles. The average molecular weight is 555 g/mol. The van der Waals surface area contributed by atoms with E-state index in [9.17, 15) is 14.0 Å². The fraction of sp³-hybridized carbons (Fsp3) is 0.308. The molecule has 5 heterocycles. The SMILES string of the molecule is COc1cc(-c2cc3c(s2)c(=O)n(-c2cncc4cnn(C)c24)c(=O)n3CCN2CCCC2)c(Cl)cc1F. The molecule has 0 aliphatic carbocycles. The van der Waals surface area contributed by atoms with Crippen molar-refractivity contribution < 1.29 is 9.13 Å². The molecule has 1 aliphatic rings. The van der Waals surface area contributed by atoms with E-state index in [1.165, 1.54) is 41.3 Å². The Morgan fingerprint density at radius 1 is 1.11 bits per heavy atom. The Bertz CT molecular complexity index is 1820. The predicted molar refractivity (Wildman–Crippen MR) is 146 cm³/mol. The minimum atomic E-state index is -0.580. The maximum absolute atomic E-state index is 14.2. The standard InChI is InChI=1S/C26H24ClFN6O3S/c1-31-23-15(13-30-31)12-29-14-20(23)34-25(35)24-19(33(26(34)36)8-7-32-5-3-4-6-32)11-22(38-24)16-9-21(37-2)18(28)10-17(16)27/h9-14H,3-8H2,1-2H3. The van der Waals surface area contributed by atoms with Crippen molar-refractivity contribution in [2.45, 2.75) is 19.4 Å². The van der Waals surface area contributed by atoms with E-state index in [4.69, 9.17) is 16.3 Å². The Morgan fingerprint density at radius 2 is 1.89 bits per heavy atom. The van der Waals surface area contributed by atoms with Gasteiger partial charge in [0, 0.05) is 42.2 Å². The Hall–Kier alpha value is -3.54. The van der Waals surface area contributed by atoms with Gasteiger partial charge in [0.25, 0.3) is 5.56 Å². The number of hydrogen-bond acceptors (Lipinski definition) is 7. The van der Waals surface area contributed by atoms with Crippen LogP contribution in [0.15, 0.2) is 46.4 Å². The van der Waals surface area contributed by atoms with E-state index in [-0.39, 0.29) is 10.8 Å². The third kappa shape index (κ3) is 4.01. The second-order valence-electron chi connectivity index (χ2n) is 9.28. The normalized spacial score (nSPS) is 14.2. The van der Waals surface area contributed by atoms with Gasteiger partial charge in [-0.3, -0.25) is 19.0 Å². The van der Waals surface area contributed by atoms with Gasteiger partial charge < -0.3 is 9.64 Å². The molecule has 9 nitrogen and oxygen atoms in total. The largest absolute Gasteiger partial charge is 0.494 e. The van der Waals surface area contributed by atoms with Gasteiger partial charge in [0.15, 0.2) is 11.6 Å². The number of methoxy groups -OCH3 is 1. The molecule has 0 saturated carbocycles. The summed E-state index contributed by atoms with van der Waals surface area (Å²) in [4.78, 5) is 35.1. The molecule has 0 N–H and O–H groups in total. The van der Waals surface area contributed by atoms with Gasteiger partial charge in [-0.05, 0) is 44.1 Å². The number of likely N-dealkylation sites (tertiary alicyclic amines) is 1. The number of fused-ring (bicyclic) bond motifs is 2. The molecule has 0 amide bonds. The summed E-state index contributed by atoms with van der Waals surface area (Å²) >= 11 is 7.62. The van der Waals surface area contributed by atoms with Crippen LogP contribution >= 0.6 is 22.9 Å². The molecule has 196 valence electrons. The zero-order valence-corrected chi connectivity index (χ0v) is 22.4. The van der Waals surface area contributed by atoms with E-state index < -0.39 is 17.1 Å². The number of halogens is 2. The minimum Gasteiger partial charge on any atom is -0.494 e. The Morgan fingerprint density at radius 3 is 2.66 bits per heavy atom. The third-order valence-corrected chi connectivity index (χ3v) is 8.49. The van der Waals surface area contributed by atoms with E-state index in [1.807, 2.05) is 0 Å². The number of nitrogens with zero attached hydrogens (tertiary/aromatic N) is 6. The Labute approximate surface area is 225 Å². The monoisotopic (exact) mass is 554 g/mol. The number of aryl methyl sites for hydroxylation is 1. The summed E-state index contributed by atoms with van der Waals surface area (Å²) in [6, 6.07) is 4.47. The van der Waals surface area contributed by atoms with Crippen LogP contribution in [-0.4, -0.2) is 55.5 Å². The molecule has 12 heteroatoms. The highest BCUT2D eigenvalue weighted by Crippen LogP contribution is 2.39. The van der Waals surface area contributed by atoms with E-state index in [2.05, 4.69) is 15.0 Å². The molecule has 0 bridgehead atoms. The number of ether oxygens (including phenoxy) is 1. The molecule has 0 spiro atoms. The fourth-order valence-electron chi connectivity index (χ4n) is 5.11. The van der Waals surface area contributed by atoms with Crippen LogP contribution in [-0.2, 0) is 13.6 Å². The maximum Gasteiger partial charge on any atom is 0.336 e. The molecule has 0 unspecified atom stereocenters. The van der Waals surface area contributed by atoms with E-state index in [0.717, 1.165) is 31.3 Å². The van der Waals surface area contributed by atoms with Crippen molar-refractivity contribution in [3.05, 3.63) is 68.5 Å². The number of benzene rings is 1. The van der Waals surface area contributed by atoms with Crippen molar-refractivity contribution >= 4 is 44.1 Å². The topological polar surface area (TPSA) is 87.2 Å². The minimum absolute atomic E-state index is 0.0413.